The molecule has 0 N–H and O–H groups in total. The van der Waals surface area contributed by atoms with E-state index < -0.39 is 16.9 Å². The molecular formula is C28H23N3O7S. The minimum atomic E-state index is -0.822. The highest BCUT2D eigenvalue weighted by atomic mass is 32.1. The summed E-state index contributed by atoms with van der Waals surface area (Å²) in [5.41, 5.74) is 1.16. The molecule has 1 aliphatic heterocycles. The Morgan fingerprint density at radius 3 is 2.67 bits per heavy atom. The molecular weight excluding hydrogens is 522 g/mol. The molecule has 4 aromatic rings. The molecule has 11 heteroatoms. The van der Waals surface area contributed by atoms with Gasteiger partial charge in [0.05, 0.1) is 40.0 Å². The van der Waals surface area contributed by atoms with Crippen LogP contribution in [-0.2, 0) is 9.53 Å². The zero-order valence-corrected chi connectivity index (χ0v) is 22.1. The van der Waals surface area contributed by atoms with Crippen LogP contribution in [0.5, 0.6) is 5.75 Å². The van der Waals surface area contributed by atoms with Crippen molar-refractivity contribution < 1.29 is 23.6 Å². The van der Waals surface area contributed by atoms with Crippen LogP contribution in [0.2, 0.25) is 0 Å². The van der Waals surface area contributed by atoms with Crippen molar-refractivity contribution in [2.24, 2.45) is 4.99 Å². The van der Waals surface area contributed by atoms with Gasteiger partial charge in [0.15, 0.2) is 4.80 Å². The average molecular weight is 546 g/mol. The van der Waals surface area contributed by atoms with E-state index in [0.29, 0.717) is 43.4 Å². The Morgan fingerprint density at radius 2 is 1.92 bits per heavy atom. The first-order valence-electron chi connectivity index (χ1n) is 12.0. The number of aromatic nitrogens is 1. The number of nitro benzene ring substituents is 1. The maximum Gasteiger partial charge on any atom is 0.338 e. The average Bonchev–Trinajstić information content (AvgIpc) is 3.52. The zero-order valence-electron chi connectivity index (χ0n) is 21.2. The maximum absolute atomic E-state index is 13.8. The number of nitrogens with zero attached hydrogens (tertiary/aromatic N) is 3. The van der Waals surface area contributed by atoms with E-state index in [2.05, 4.69) is 4.99 Å². The normalized spacial score (nSPS) is 15.1. The number of para-hydroxylation sites is 2. The van der Waals surface area contributed by atoms with Crippen LogP contribution >= 0.6 is 11.3 Å². The summed E-state index contributed by atoms with van der Waals surface area (Å²) in [6.45, 7) is 3.58. The third kappa shape index (κ3) is 4.68. The zero-order chi connectivity index (χ0) is 27.7. The van der Waals surface area contributed by atoms with Crippen LogP contribution in [0.4, 0.5) is 5.69 Å². The van der Waals surface area contributed by atoms with Gasteiger partial charge in [-0.25, -0.2) is 9.79 Å². The lowest BCUT2D eigenvalue weighted by molar-refractivity contribution is -0.384. The monoisotopic (exact) mass is 545 g/mol. The van der Waals surface area contributed by atoms with Gasteiger partial charge in [-0.15, -0.1) is 0 Å². The van der Waals surface area contributed by atoms with Crippen molar-refractivity contribution in [2.45, 2.75) is 19.9 Å². The predicted octanol–water partition coefficient (Wildman–Crippen LogP) is 3.98. The number of rotatable bonds is 7. The van der Waals surface area contributed by atoms with E-state index >= 15 is 0 Å². The second kappa shape index (κ2) is 10.5. The van der Waals surface area contributed by atoms with Gasteiger partial charge in [0.1, 0.15) is 23.3 Å². The highest BCUT2D eigenvalue weighted by Crippen LogP contribution is 2.36. The Hall–Kier alpha value is -4.77. The number of furan rings is 1. The summed E-state index contributed by atoms with van der Waals surface area (Å²) in [6.07, 6.45) is 1.56. The molecule has 2 aromatic heterocycles. The number of benzene rings is 2. The van der Waals surface area contributed by atoms with E-state index in [0.717, 1.165) is 11.3 Å². The number of methoxy groups -OCH3 is 1. The Kier molecular flexibility index (Phi) is 6.99. The fraction of sp³-hybridized carbons (Fsp3) is 0.179. The Morgan fingerprint density at radius 1 is 1.18 bits per heavy atom. The molecule has 0 aliphatic carbocycles. The van der Waals surface area contributed by atoms with E-state index in [1.165, 1.54) is 17.7 Å². The third-order valence-electron chi connectivity index (χ3n) is 6.22. The molecule has 2 aromatic carbocycles. The second-order valence-electron chi connectivity index (χ2n) is 8.52. The fourth-order valence-electron chi connectivity index (χ4n) is 4.52. The molecule has 0 amide bonds. The molecule has 0 radical (unpaired) electrons. The molecule has 198 valence electrons. The van der Waals surface area contributed by atoms with Crippen molar-refractivity contribution in [3.05, 3.63) is 113 Å². The first-order valence-corrected chi connectivity index (χ1v) is 12.8. The van der Waals surface area contributed by atoms with Gasteiger partial charge in [0, 0.05) is 17.7 Å². The Balaban J connectivity index is 1.66. The summed E-state index contributed by atoms with van der Waals surface area (Å²) >= 11 is 1.15. The molecule has 5 rings (SSSR count). The van der Waals surface area contributed by atoms with Gasteiger partial charge in [-0.3, -0.25) is 19.5 Å². The second-order valence-corrected chi connectivity index (χ2v) is 9.53. The lowest BCUT2D eigenvalue weighted by Gasteiger charge is -2.25. The third-order valence-corrected chi connectivity index (χ3v) is 7.20. The smallest absolute Gasteiger partial charge is 0.338 e. The standard InChI is InChI=1S/C28H23N3O7S/c1-4-37-27(33)24-16(2)29-28-30(25(24)19-10-6-8-12-21(19)36-3)26(32)23(39-28)15-17-13-14-22(38-17)18-9-5-7-11-20(18)31(34)35/h5-15,25H,4H2,1-3H3/b23-15-/t25-/m1/s1. The SMILES string of the molecule is CCOC(=O)C1=C(C)N=c2s/c(=C\c3ccc(-c4ccccc4[N+](=O)[O-])o3)c(=O)n2[C@@H]1c1ccccc1OC. The van der Waals surface area contributed by atoms with Crippen molar-refractivity contribution in [1.82, 2.24) is 4.57 Å². The number of esters is 1. The summed E-state index contributed by atoms with van der Waals surface area (Å²) < 4.78 is 18.5. The minimum Gasteiger partial charge on any atom is -0.496 e. The van der Waals surface area contributed by atoms with E-state index in [9.17, 15) is 19.7 Å². The van der Waals surface area contributed by atoms with Crippen LogP contribution in [0.1, 0.15) is 31.2 Å². The molecule has 1 atom stereocenters. The van der Waals surface area contributed by atoms with Gasteiger partial charge in [0.2, 0.25) is 0 Å². The van der Waals surface area contributed by atoms with Crippen molar-refractivity contribution in [3.63, 3.8) is 0 Å². The first kappa shape index (κ1) is 25.9. The highest BCUT2D eigenvalue weighted by Gasteiger charge is 2.35. The summed E-state index contributed by atoms with van der Waals surface area (Å²) in [4.78, 5) is 42.8. The molecule has 1 aliphatic rings. The van der Waals surface area contributed by atoms with E-state index in [1.807, 2.05) is 0 Å². The van der Waals surface area contributed by atoms with Gasteiger partial charge >= 0.3 is 5.97 Å². The summed E-state index contributed by atoms with van der Waals surface area (Å²) in [6, 6.07) is 15.9. The fourth-order valence-corrected chi connectivity index (χ4v) is 5.55. The number of carbonyl (C=O) groups excluding carboxylic acids is 1. The molecule has 10 nitrogen and oxygen atoms in total. The van der Waals surface area contributed by atoms with Crippen LogP contribution in [0, 0.1) is 10.1 Å². The lowest BCUT2D eigenvalue weighted by Crippen LogP contribution is -2.40. The number of thiazole rings is 1. The number of fused-ring (bicyclic) bond motifs is 1. The van der Waals surface area contributed by atoms with Crippen LogP contribution < -0.4 is 19.6 Å². The Bertz CT molecular complexity index is 1810. The minimum absolute atomic E-state index is 0.0865. The van der Waals surface area contributed by atoms with Crippen molar-refractivity contribution in [1.29, 1.82) is 0 Å². The van der Waals surface area contributed by atoms with Gasteiger partial charge in [-0.1, -0.05) is 41.7 Å². The quantitative estimate of drug-likeness (QED) is 0.195. The number of carbonyl (C=O) groups is 1. The number of nitro groups is 1. The van der Waals surface area contributed by atoms with Crippen molar-refractivity contribution >= 4 is 29.1 Å². The topological polar surface area (TPSA) is 126 Å². The van der Waals surface area contributed by atoms with Crippen LogP contribution in [0.25, 0.3) is 17.4 Å². The van der Waals surface area contributed by atoms with E-state index in [4.69, 9.17) is 13.9 Å². The molecule has 0 spiro atoms. The van der Waals surface area contributed by atoms with Gasteiger partial charge < -0.3 is 13.9 Å². The molecule has 0 fully saturated rings. The predicted molar refractivity (Wildman–Crippen MR) is 144 cm³/mol. The molecule has 0 bridgehead atoms. The molecule has 3 heterocycles. The lowest BCUT2D eigenvalue weighted by atomic mass is 9.95. The van der Waals surface area contributed by atoms with E-state index in [-0.39, 0.29) is 23.4 Å². The van der Waals surface area contributed by atoms with E-state index in [1.54, 1.807) is 74.5 Å². The maximum atomic E-state index is 13.8. The van der Waals surface area contributed by atoms with Crippen LogP contribution in [-0.4, -0.2) is 29.2 Å². The molecule has 0 saturated heterocycles. The summed E-state index contributed by atoms with van der Waals surface area (Å²) in [5.74, 6) is 0.579. The highest BCUT2D eigenvalue weighted by molar-refractivity contribution is 7.07. The number of allylic oxidation sites excluding steroid dienone is 1. The van der Waals surface area contributed by atoms with Gasteiger partial charge in [-0.2, -0.15) is 0 Å². The van der Waals surface area contributed by atoms with Gasteiger partial charge in [0.25, 0.3) is 11.2 Å². The summed E-state index contributed by atoms with van der Waals surface area (Å²) in [5, 5.41) is 11.4. The first-order chi connectivity index (χ1) is 18.8. The number of ether oxygens (including phenoxy) is 2. The molecule has 0 saturated carbocycles. The van der Waals surface area contributed by atoms with Gasteiger partial charge in [-0.05, 0) is 38.1 Å². The van der Waals surface area contributed by atoms with Crippen molar-refractivity contribution in [2.75, 3.05) is 13.7 Å². The van der Waals surface area contributed by atoms with Crippen molar-refractivity contribution in [3.8, 4) is 17.1 Å². The van der Waals surface area contributed by atoms with Crippen LogP contribution in [0.3, 0.4) is 0 Å². The molecule has 39 heavy (non-hydrogen) atoms. The Labute approximate surface area is 225 Å². The van der Waals surface area contributed by atoms with Crippen LogP contribution in [0.15, 0.2) is 86.1 Å². The number of hydrogen-bond acceptors (Lipinski definition) is 9. The summed E-state index contributed by atoms with van der Waals surface area (Å²) in [7, 11) is 1.52. The molecule has 0 unspecified atom stereocenters. The number of hydrogen-bond donors (Lipinski definition) is 0. The largest absolute Gasteiger partial charge is 0.496 e.